The van der Waals surface area contributed by atoms with Crippen molar-refractivity contribution in [2.75, 3.05) is 19.7 Å². The Morgan fingerprint density at radius 2 is 1.84 bits per heavy atom. The highest BCUT2D eigenvalue weighted by Crippen LogP contribution is 2.40. The first-order chi connectivity index (χ1) is 15.3. The molecule has 0 bridgehead atoms. The van der Waals surface area contributed by atoms with E-state index in [2.05, 4.69) is 9.97 Å². The van der Waals surface area contributed by atoms with E-state index in [1.807, 2.05) is 53.6 Å². The summed E-state index contributed by atoms with van der Waals surface area (Å²) in [4.78, 5) is 28.6. The Bertz CT molecular complexity index is 1040. The van der Waals surface area contributed by atoms with Crippen LogP contribution in [0.3, 0.4) is 0 Å². The van der Waals surface area contributed by atoms with Crippen LogP contribution < -0.4 is 4.74 Å². The Labute approximate surface area is 182 Å². The van der Waals surface area contributed by atoms with Crippen LogP contribution in [0.4, 0.5) is 0 Å². The largest absolute Gasteiger partial charge is 0.484 e. The highest BCUT2D eigenvalue weighted by molar-refractivity contribution is 5.78. The van der Waals surface area contributed by atoms with Gasteiger partial charge < -0.3 is 9.64 Å². The number of nitrogens with zero attached hydrogens (tertiary/aromatic N) is 4. The van der Waals surface area contributed by atoms with Crippen molar-refractivity contribution >= 4 is 5.91 Å². The van der Waals surface area contributed by atoms with Gasteiger partial charge in [0.15, 0.2) is 6.61 Å². The predicted octanol–water partition coefficient (Wildman–Crippen LogP) is 4.20. The SMILES string of the molecule is O=C(COc1ccccc1)N1CCCC(c2nc(C3CC3)ncc2-c2ccncc2)C1. The molecule has 1 aliphatic carbocycles. The van der Waals surface area contributed by atoms with Gasteiger partial charge in [-0.3, -0.25) is 9.78 Å². The molecule has 1 unspecified atom stereocenters. The first-order valence-electron chi connectivity index (χ1n) is 11.0. The summed E-state index contributed by atoms with van der Waals surface area (Å²) in [5, 5.41) is 0. The number of carbonyl (C=O) groups excluding carboxylic acids is 1. The predicted molar refractivity (Wildman–Crippen MR) is 118 cm³/mol. The fraction of sp³-hybridized carbons (Fsp3) is 0.360. The van der Waals surface area contributed by atoms with E-state index in [1.54, 1.807) is 12.4 Å². The first kappa shape index (κ1) is 19.7. The summed E-state index contributed by atoms with van der Waals surface area (Å²) in [7, 11) is 0. The molecular formula is C25H26N4O2. The lowest BCUT2D eigenvalue weighted by Crippen LogP contribution is -2.41. The van der Waals surface area contributed by atoms with Crippen LogP contribution in [0.2, 0.25) is 0 Å². The van der Waals surface area contributed by atoms with Crippen molar-refractivity contribution in [3.8, 4) is 16.9 Å². The molecule has 2 fully saturated rings. The topological polar surface area (TPSA) is 68.2 Å². The number of benzene rings is 1. The van der Waals surface area contributed by atoms with Gasteiger partial charge in [0.25, 0.3) is 5.91 Å². The average molecular weight is 415 g/mol. The number of hydrogen-bond acceptors (Lipinski definition) is 5. The van der Waals surface area contributed by atoms with Crippen LogP contribution in [0.15, 0.2) is 61.1 Å². The number of hydrogen-bond donors (Lipinski definition) is 0. The lowest BCUT2D eigenvalue weighted by Gasteiger charge is -2.33. The van der Waals surface area contributed by atoms with E-state index in [0.717, 1.165) is 42.0 Å². The molecule has 6 heteroatoms. The van der Waals surface area contributed by atoms with Crippen molar-refractivity contribution < 1.29 is 9.53 Å². The van der Waals surface area contributed by atoms with Gasteiger partial charge in [-0.15, -0.1) is 0 Å². The minimum Gasteiger partial charge on any atom is -0.484 e. The molecule has 1 aliphatic heterocycles. The molecule has 0 N–H and O–H groups in total. The van der Waals surface area contributed by atoms with Crippen molar-refractivity contribution in [2.24, 2.45) is 0 Å². The van der Waals surface area contributed by atoms with Crippen LogP contribution in [0.5, 0.6) is 5.75 Å². The third-order valence-electron chi connectivity index (χ3n) is 6.04. The van der Waals surface area contributed by atoms with Gasteiger partial charge >= 0.3 is 0 Å². The fourth-order valence-electron chi connectivity index (χ4n) is 4.19. The summed E-state index contributed by atoms with van der Waals surface area (Å²) in [5.74, 6) is 2.37. The van der Waals surface area contributed by atoms with Crippen molar-refractivity contribution in [3.63, 3.8) is 0 Å². The summed E-state index contributed by atoms with van der Waals surface area (Å²) in [6.45, 7) is 1.49. The van der Waals surface area contributed by atoms with E-state index in [0.29, 0.717) is 18.2 Å². The maximum atomic E-state index is 12.8. The number of para-hydroxylation sites is 1. The molecule has 3 aromatic rings. The van der Waals surface area contributed by atoms with Crippen molar-refractivity contribution in [3.05, 3.63) is 72.6 Å². The van der Waals surface area contributed by atoms with Gasteiger partial charge in [-0.05, 0) is 55.5 Å². The molecule has 1 saturated heterocycles. The molecular weight excluding hydrogens is 388 g/mol. The van der Waals surface area contributed by atoms with Crippen molar-refractivity contribution in [2.45, 2.75) is 37.5 Å². The smallest absolute Gasteiger partial charge is 0.260 e. The average Bonchev–Trinajstić information content (AvgIpc) is 3.69. The molecule has 31 heavy (non-hydrogen) atoms. The molecule has 0 spiro atoms. The van der Waals surface area contributed by atoms with Gasteiger partial charge in [-0.2, -0.15) is 0 Å². The number of rotatable bonds is 6. The summed E-state index contributed by atoms with van der Waals surface area (Å²) in [5.41, 5.74) is 3.18. The minimum absolute atomic E-state index is 0.0236. The van der Waals surface area contributed by atoms with E-state index >= 15 is 0 Å². The summed E-state index contributed by atoms with van der Waals surface area (Å²) in [6.07, 6.45) is 9.87. The van der Waals surface area contributed by atoms with Crippen LogP contribution in [-0.2, 0) is 4.79 Å². The minimum atomic E-state index is 0.0236. The van der Waals surface area contributed by atoms with Crippen molar-refractivity contribution in [1.82, 2.24) is 19.9 Å². The molecule has 1 saturated carbocycles. The Hall–Kier alpha value is -3.28. The van der Waals surface area contributed by atoms with Gasteiger partial charge in [0.05, 0.1) is 5.69 Å². The summed E-state index contributed by atoms with van der Waals surface area (Å²) >= 11 is 0. The van der Waals surface area contributed by atoms with E-state index < -0.39 is 0 Å². The highest BCUT2D eigenvalue weighted by atomic mass is 16.5. The second-order valence-corrected chi connectivity index (χ2v) is 8.32. The number of piperidine rings is 1. The lowest BCUT2D eigenvalue weighted by molar-refractivity contribution is -0.134. The van der Waals surface area contributed by atoms with Crippen LogP contribution in [0.25, 0.3) is 11.1 Å². The molecule has 158 valence electrons. The molecule has 5 rings (SSSR count). The van der Waals surface area contributed by atoms with Gasteiger partial charge in [-0.25, -0.2) is 9.97 Å². The number of aromatic nitrogens is 3. The van der Waals surface area contributed by atoms with E-state index in [9.17, 15) is 4.79 Å². The van der Waals surface area contributed by atoms with Gasteiger partial charge in [0.1, 0.15) is 11.6 Å². The Morgan fingerprint density at radius 3 is 2.61 bits per heavy atom. The van der Waals surface area contributed by atoms with E-state index in [1.165, 1.54) is 12.8 Å². The third kappa shape index (κ3) is 4.58. The third-order valence-corrected chi connectivity index (χ3v) is 6.04. The van der Waals surface area contributed by atoms with Crippen molar-refractivity contribution in [1.29, 1.82) is 0 Å². The molecule has 1 atom stereocenters. The van der Waals surface area contributed by atoms with Crippen LogP contribution in [-0.4, -0.2) is 45.5 Å². The Kier molecular flexibility index (Phi) is 5.61. The van der Waals surface area contributed by atoms with E-state index in [4.69, 9.17) is 9.72 Å². The molecule has 3 heterocycles. The maximum absolute atomic E-state index is 12.8. The summed E-state index contributed by atoms with van der Waals surface area (Å²) in [6, 6.07) is 13.5. The normalized spacial score (nSPS) is 18.6. The molecule has 1 aromatic carbocycles. The maximum Gasteiger partial charge on any atom is 0.260 e. The Morgan fingerprint density at radius 1 is 1.03 bits per heavy atom. The summed E-state index contributed by atoms with van der Waals surface area (Å²) < 4.78 is 5.69. The zero-order valence-electron chi connectivity index (χ0n) is 17.5. The second kappa shape index (κ2) is 8.84. The molecule has 1 amide bonds. The lowest BCUT2D eigenvalue weighted by atomic mass is 9.90. The van der Waals surface area contributed by atoms with Gasteiger partial charge in [-0.1, -0.05) is 18.2 Å². The van der Waals surface area contributed by atoms with Gasteiger partial charge in [0.2, 0.25) is 0 Å². The highest BCUT2D eigenvalue weighted by Gasteiger charge is 2.31. The molecule has 2 aromatic heterocycles. The Balaban J connectivity index is 1.35. The number of amides is 1. The molecule has 0 radical (unpaired) electrons. The van der Waals surface area contributed by atoms with Crippen LogP contribution in [0, 0.1) is 0 Å². The van der Waals surface area contributed by atoms with Gasteiger partial charge in [0, 0.05) is 49.1 Å². The fourth-order valence-corrected chi connectivity index (χ4v) is 4.19. The number of ether oxygens (including phenoxy) is 1. The monoisotopic (exact) mass is 414 g/mol. The zero-order valence-corrected chi connectivity index (χ0v) is 17.5. The number of likely N-dealkylation sites (tertiary alicyclic amines) is 1. The van der Waals surface area contributed by atoms with Crippen LogP contribution in [0.1, 0.15) is 49.0 Å². The standard InChI is InChI=1S/C25H26N4O2/c30-23(17-31-21-6-2-1-3-7-21)29-14-4-5-20(16-29)24-22(18-10-12-26-13-11-18)15-27-25(28-24)19-8-9-19/h1-3,6-7,10-13,15,19-20H,4-5,8-9,14,16-17H2. The van der Waals surface area contributed by atoms with Crippen LogP contribution >= 0.6 is 0 Å². The van der Waals surface area contributed by atoms with E-state index in [-0.39, 0.29) is 18.4 Å². The molecule has 6 nitrogen and oxygen atoms in total. The quantitative estimate of drug-likeness (QED) is 0.605. The first-order valence-corrected chi connectivity index (χ1v) is 11.0. The second-order valence-electron chi connectivity index (χ2n) is 8.32. The number of pyridine rings is 1. The zero-order chi connectivity index (χ0) is 21.0. The number of carbonyl (C=O) groups is 1. The molecule has 2 aliphatic rings.